The lowest BCUT2D eigenvalue weighted by molar-refractivity contribution is -0.129. The molecule has 0 bridgehead atoms. The van der Waals surface area contributed by atoms with E-state index >= 15 is 0 Å². The van der Waals surface area contributed by atoms with Crippen LogP contribution in [0.4, 0.5) is 4.79 Å². The molecule has 2 atom stereocenters. The van der Waals surface area contributed by atoms with E-state index < -0.39 is 23.7 Å². The topological polar surface area (TPSA) is 152 Å². The Morgan fingerprint density at radius 1 is 0.917 bits per heavy atom. The van der Waals surface area contributed by atoms with Crippen LogP contribution in [-0.2, 0) is 19.1 Å². The number of hydrogen-bond donors (Lipinski definition) is 5. The van der Waals surface area contributed by atoms with Crippen LogP contribution in [0.3, 0.4) is 0 Å². The number of likely N-dealkylation sites (N-methyl/N-ethyl adjacent to an activating group) is 1. The minimum Gasteiger partial charge on any atom is -0.376 e. The lowest BCUT2D eigenvalue weighted by Crippen LogP contribution is -2.50. The van der Waals surface area contributed by atoms with E-state index in [9.17, 15) is 19.2 Å². The number of amides is 4. The maximum atomic E-state index is 12.6. The number of urea groups is 1. The first-order valence-corrected chi connectivity index (χ1v) is 13.1. The highest BCUT2D eigenvalue weighted by Crippen LogP contribution is 2.14. The molecule has 0 fully saturated rings. The summed E-state index contributed by atoms with van der Waals surface area (Å²) in [5.41, 5.74) is 4.35. The molecule has 0 aromatic carbocycles. The molecule has 0 saturated heterocycles. The smallest absolute Gasteiger partial charge is 0.312 e. The van der Waals surface area contributed by atoms with E-state index in [1.807, 2.05) is 62.3 Å². The lowest BCUT2D eigenvalue weighted by Gasteiger charge is -2.29. The third-order valence-corrected chi connectivity index (χ3v) is 4.84. The number of carbonyl (C=O) groups is 4. The van der Waals surface area contributed by atoms with E-state index in [0.29, 0.717) is 32.4 Å². The van der Waals surface area contributed by atoms with Crippen molar-refractivity contribution in [2.45, 2.75) is 125 Å². The van der Waals surface area contributed by atoms with Crippen molar-refractivity contribution >= 4 is 23.6 Å². The van der Waals surface area contributed by atoms with Crippen LogP contribution in [-0.4, -0.2) is 67.1 Å². The van der Waals surface area contributed by atoms with Crippen LogP contribution in [0.1, 0.15) is 101 Å². The maximum Gasteiger partial charge on any atom is 0.312 e. The van der Waals surface area contributed by atoms with Crippen molar-refractivity contribution in [3.63, 3.8) is 0 Å². The fourth-order valence-corrected chi connectivity index (χ4v) is 2.96. The van der Waals surface area contributed by atoms with E-state index in [1.54, 1.807) is 7.05 Å². The number of nitrogens with two attached hydrogens (primary N) is 1. The Morgan fingerprint density at radius 3 is 1.92 bits per heavy atom. The van der Waals surface area contributed by atoms with E-state index in [1.165, 1.54) is 6.92 Å². The molecule has 10 heteroatoms. The van der Waals surface area contributed by atoms with E-state index in [0.717, 1.165) is 0 Å². The largest absolute Gasteiger partial charge is 0.376 e. The van der Waals surface area contributed by atoms with Crippen LogP contribution < -0.4 is 27.0 Å². The van der Waals surface area contributed by atoms with E-state index in [-0.39, 0.29) is 36.0 Å². The number of rotatable bonds is 15. The standard InChI is InChI=1S/C22H43N5O5.2C2H6/c1-15(28)16(9-8-13-25-20(23)31)26-19(30)17(24-7)10-11-18(29)27-22(5,6)12-14-32-21(2,3)4;2*1-2/h16-17,24H,8-14H2,1-7H3,(H,26,30)(H,27,29)(H3,23,25,31);2*1-2H3. The number of ketones is 1. The first kappa shape index (κ1) is 38.3. The summed E-state index contributed by atoms with van der Waals surface area (Å²) < 4.78 is 5.73. The molecule has 0 radical (unpaired) electrons. The van der Waals surface area contributed by atoms with Crippen LogP contribution in [0, 0.1) is 0 Å². The molecule has 0 saturated carbocycles. The third-order valence-electron chi connectivity index (χ3n) is 4.84. The average Bonchev–Trinajstić information content (AvgIpc) is 2.77. The number of hydrogen-bond acceptors (Lipinski definition) is 6. The van der Waals surface area contributed by atoms with Gasteiger partial charge in [-0.2, -0.15) is 0 Å². The Kier molecular flexibility index (Phi) is 22.3. The van der Waals surface area contributed by atoms with Crippen molar-refractivity contribution in [3.05, 3.63) is 0 Å². The lowest BCUT2D eigenvalue weighted by atomic mass is 10.00. The Balaban J connectivity index is -0.00000258. The molecule has 2 unspecified atom stereocenters. The fourth-order valence-electron chi connectivity index (χ4n) is 2.96. The molecule has 0 aromatic heterocycles. The zero-order chi connectivity index (χ0) is 28.9. The second-order valence-corrected chi connectivity index (χ2v) is 9.63. The van der Waals surface area contributed by atoms with Crippen molar-refractivity contribution < 1.29 is 23.9 Å². The van der Waals surface area contributed by atoms with Gasteiger partial charge in [-0.25, -0.2) is 4.79 Å². The summed E-state index contributed by atoms with van der Waals surface area (Å²) >= 11 is 0. The van der Waals surface area contributed by atoms with E-state index in [2.05, 4.69) is 21.3 Å². The molecule has 0 aliphatic rings. The molecule has 0 aromatic rings. The van der Waals surface area contributed by atoms with Crippen molar-refractivity contribution in [1.29, 1.82) is 0 Å². The van der Waals surface area contributed by atoms with Gasteiger partial charge in [0, 0.05) is 25.1 Å². The summed E-state index contributed by atoms with van der Waals surface area (Å²) in [4.78, 5) is 47.6. The van der Waals surface area contributed by atoms with Gasteiger partial charge in [0.05, 0.1) is 17.7 Å². The summed E-state index contributed by atoms with van der Waals surface area (Å²) in [5.74, 6) is -0.676. The Morgan fingerprint density at radius 2 is 1.47 bits per heavy atom. The number of primary amides is 1. The summed E-state index contributed by atoms with van der Waals surface area (Å²) in [6.07, 6.45) is 1.99. The van der Waals surface area contributed by atoms with Crippen LogP contribution in [0.15, 0.2) is 0 Å². The van der Waals surface area contributed by atoms with Crippen LogP contribution in [0.25, 0.3) is 0 Å². The monoisotopic (exact) mass is 517 g/mol. The maximum absolute atomic E-state index is 12.6. The van der Waals surface area contributed by atoms with Gasteiger partial charge in [0.15, 0.2) is 5.78 Å². The predicted octanol–water partition coefficient (Wildman–Crippen LogP) is 3.03. The van der Waals surface area contributed by atoms with Crippen LogP contribution in [0.2, 0.25) is 0 Å². The van der Waals surface area contributed by atoms with Gasteiger partial charge in [0.1, 0.15) is 0 Å². The van der Waals surface area contributed by atoms with Gasteiger partial charge >= 0.3 is 6.03 Å². The van der Waals surface area contributed by atoms with Gasteiger partial charge in [-0.1, -0.05) is 27.7 Å². The molecular formula is C26H55N5O5. The summed E-state index contributed by atoms with van der Waals surface area (Å²) in [5, 5.41) is 11.1. The molecule has 4 amide bonds. The van der Waals surface area contributed by atoms with Gasteiger partial charge < -0.3 is 31.7 Å². The highest BCUT2D eigenvalue weighted by Gasteiger charge is 2.25. The normalized spacial score (nSPS) is 12.5. The predicted molar refractivity (Wildman–Crippen MR) is 147 cm³/mol. The summed E-state index contributed by atoms with van der Waals surface area (Å²) in [6, 6.07) is -1.91. The molecule has 0 spiro atoms. The third kappa shape index (κ3) is 22.3. The van der Waals surface area contributed by atoms with Crippen molar-refractivity contribution in [1.82, 2.24) is 21.3 Å². The van der Waals surface area contributed by atoms with Gasteiger partial charge in [-0.05, 0) is 74.3 Å². The number of nitrogens with one attached hydrogen (secondary N) is 4. The Labute approximate surface area is 219 Å². The molecule has 36 heavy (non-hydrogen) atoms. The molecule has 6 N–H and O–H groups in total. The van der Waals surface area contributed by atoms with Gasteiger partial charge in [0.25, 0.3) is 0 Å². The van der Waals surface area contributed by atoms with Crippen molar-refractivity contribution in [2.24, 2.45) is 5.73 Å². The number of ether oxygens (including phenoxy) is 1. The molecule has 0 heterocycles. The SMILES string of the molecule is CC.CC.CNC(CCC(=O)NC(C)(C)CCOC(C)(C)C)C(=O)NC(CCCNC(N)=O)C(C)=O. The van der Waals surface area contributed by atoms with Crippen LogP contribution >= 0.6 is 0 Å². The average molecular weight is 518 g/mol. The van der Waals surface area contributed by atoms with Gasteiger partial charge in [-0.15, -0.1) is 0 Å². The number of Topliss-reactive ketones (excluding diaryl/α,β-unsaturated/α-hetero) is 1. The molecule has 10 nitrogen and oxygen atoms in total. The van der Waals surface area contributed by atoms with Crippen molar-refractivity contribution in [3.8, 4) is 0 Å². The summed E-state index contributed by atoms with van der Waals surface area (Å²) in [6.45, 7) is 20.1. The van der Waals surface area contributed by atoms with Crippen LogP contribution in [0.5, 0.6) is 0 Å². The highest BCUT2D eigenvalue weighted by molar-refractivity contribution is 5.90. The minimum atomic E-state index is -0.663. The van der Waals surface area contributed by atoms with Gasteiger partial charge in [0.2, 0.25) is 11.8 Å². The minimum absolute atomic E-state index is 0.153. The van der Waals surface area contributed by atoms with Gasteiger partial charge in [-0.3, -0.25) is 14.4 Å². The second kappa shape index (κ2) is 20.9. The molecule has 0 rings (SSSR count). The summed E-state index contributed by atoms with van der Waals surface area (Å²) in [7, 11) is 1.63. The zero-order valence-electron chi connectivity index (χ0n) is 24.7. The first-order valence-electron chi connectivity index (χ1n) is 13.1. The molecule has 214 valence electrons. The molecule has 0 aliphatic heterocycles. The molecular weight excluding hydrogens is 462 g/mol. The van der Waals surface area contributed by atoms with Crippen molar-refractivity contribution in [2.75, 3.05) is 20.2 Å². The highest BCUT2D eigenvalue weighted by atomic mass is 16.5. The first-order chi connectivity index (χ1) is 16.7. The Hall–Kier alpha value is -2.20. The molecule has 0 aliphatic carbocycles. The quantitative estimate of drug-likeness (QED) is 0.211. The fraction of sp³-hybridized carbons (Fsp3) is 0.846. The number of carbonyl (C=O) groups excluding carboxylic acids is 4. The Bertz CT molecular complexity index is 633. The van der Waals surface area contributed by atoms with E-state index in [4.69, 9.17) is 10.5 Å². The zero-order valence-corrected chi connectivity index (χ0v) is 24.7. The second-order valence-electron chi connectivity index (χ2n) is 9.63.